The van der Waals surface area contributed by atoms with E-state index in [0.717, 1.165) is 6.07 Å². The quantitative estimate of drug-likeness (QED) is 0.618. The van der Waals surface area contributed by atoms with E-state index in [0.29, 0.717) is 0 Å². The second kappa shape index (κ2) is 6.51. The number of carbonyl (C=O) groups is 1. The average Bonchev–Trinajstić information content (AvgIpc) is 3.10. The van der Waals surface area contributed by atoms with Gasteiger partial charge >= 0.3 is 0 Å². The number of aliphatic imine (C=N–C) groups is 1. The zero-order chi connectivity index (χ0) is 20.9. The van der Waals surface area contributed by atoms with Gasteiger partial charge in [-0.1, -0.05) is 5.16 Å². The Balaban J connectivity index is 2.08. The number of hydrogen-bond acceptors (Lipinski definition) is 6. The normalized spacial score (nSPS) is 26.7. The summed E-state index contributed by atoms with van der Waals surface area (Å²) in [4.78, 5) is 16.6. The van der Waals surface area contributed by atoms with Crippen molar-refractivity contribution in [1.82, 2.24) is 5.16 Å². The van der Waals surface area contributed by atoms with E-state index in [1.165, 1.54) is 25.3 Å². The molecule has 1 aliphatic rings. The van der Waals surface area contributed by atoms with E-state index in [1.54, 1.807) is 13.8 Å². The molecule has 2 aromatic rings. The lowest BCUT2D eigenvalue weighted by Gasteiger charge is -2.41. The highest BCUT2D eigenvalue weighted by Gasteiger charge is 2.46. The number of nitrogens with zero attached hydrogens (tertiary/aromatic N) is 2. The topological polar surface area (TPSA) is 98.5 Å². The fraction of sp³-hybridized carbons (Fsp3) is 0.368. The van der Waals surface area contributed by atoms with Crippen LogP contribution in [0.4, 0.5) is 8.78 Å². The third kappa shape index (κ3) is 3.23. The predicted molar refractivity (Wildman–Crippen MR) is 104 cm³/mol. The number of hydrogen-bond donors (Lipinski definition) is 1. The van der Waals surface area contributed by atoms with Gasteiger partial charge in [-0.15, -0.1) is 0 Å². The standard InChI is InChI=1S/C19H21F2N3O3S/c1-18(2)17(22)24-19(3,10-28(18,4)26)12-7-11(8-13(20)16(12)21)9-14(25)15-5-6-23-27-15/h5-8H,4,9-10H2,1-3H3,(H2,22,24)/t19-,28?/m0/s1. The van der Waals surface area contributed by atoms with Crippen molar-refractivity contribution in [2.24, 2.45) is 10.7 Å². The molecule has 0 spiro atoms. The first-order valence-corrected chi connectivity index (χ1v) is 10.4. The molecule has 2 N–H and O–H groups in total. The van der Waals surface area contributed by atoms with Crippen molar-refractivity contribution in [3.8, 4) is 0 Å². The Kier molecular flexibility index (Phi) is 4.69. The molecule has 2 heterocycles. The minimum absolute atomic E-state index is 0.0138. The van der Waals surface area contributed by atoms with Crippen LogP contribution < -0.4 is 5.73 Å². The van der Waals surface area contributed by atoms with Gasteiger partial charge in [0.1, 0.15) is 5.84 Å². The second-order valence-corrected chi connectivity index (χ2v) is 10.6. The number of aromatic nitrogens is 1. The van der Waals surface area contributed by atoms with Crippen LogP contribution >= 0.6 is 0 Å². The number of Topliss-reactive ketones (excluding diaryl/α,β-unsaturated/α-hetero) is 1. The summed E-state index contributed by atoms with van der Waals surface area (Å²) in [6.07, 6.45) is 1.09. The summed E-state index contributed by atoms with van der Waals surface area (Å²) in [5, 5.41) is 3.46. The van der Waals surface area contributed by atoms with E-state index < -0.39 is 37.2 Å². The summed E-state index contributed by atoms with van der Waals surface area (Å²) in [6.45, 7) is 4.84. The summed E-state index contributed by atoms with van der Waals surface area (Å²) in [6, 6.07) is 3.67. The first-order chi connectivity index (χ1) is 12.9. The fourth-order valence-electron chi connectivity index (χ4n) is 3.17. The van der Waals surface area contributed by atoms with Crippen molar-refractivity contribution in [1.29, 1.82) is 0 Å². The number of rotatable bonds is 4. The molecule has 9 heteroatoms. The van der Waals surface area contributed by atoms with Crippen LogP contribution in [0.15, 0.2) is 33.9 Å². The van der Waals surface area contributed by atoms with E-state index in [9.17, 15) is 17.8 Å². The monoisotopic (exact) mass is 409 g/mol. The SMILES string of the molecule is C=S1(=O)C[C@@](C)(c2cc(CC(=O)c3ccno3)cc(F)c2F)N=C(N)C1(C)C. The molecule has 0 fully saturated rings. The lowest BCUT2D eigenvalue weighted by molar-refractivity contribution is 0.0957. The van der Waals surface area contributed by atoms with Gasteiger partial charge in [-0.3, -0.25) is 14.0 Å². The van der Waals surface area contributed by atoms with Crippen molar-refractivity contribution < 1.29 is 22.3 Å². The van der Waals surface area contributed by atoms with Crippen molar-refractivity contribution >= 4 is 27.0 Å². The molecule has 0 saturated carbocycles. The molecule has 28 heavy (non-hydrogen) atoms. The first kappa shape index (κ1) is 20.2. The van der Waals surface area contributed by atoms with Crippen molar-refractivity contribution in [2.75, 3.05) is 5.75 Å². The largest absolute Gasteiger partial charge is 0.386 e. The number of carbonyl (C=O) groups excluding carboxylic acids is 1. The summed E-state index contributed by atoms with van der Waals surface area (Å²) in [5.41, 5.74) is 4.74. The van der Waals surface area contributed by atoms with Gasteiger partial charge in [-0.25, -0.2) is 8.78 Å². The molecular weight excluding hydrogens is 388 g/mol. The van der Waals surface area contributed by atoms with Crippen LogP contribution in [0, 0.1) is 11.6 Å². The molecule has 0 radical (unpaired) electrons. The minimum Gasteiger partial charge on any atom is -0.386 e. The molecular formula is C19H21F2N3O3S. The Morgan fingerprint density at radius 3 is 2.61 bits per heavy atom. The maximum atomic E-state index is 14.7. The van der Waals surface area contributed by atoms with Crippen LogP contribution in [0.25, 0.3) is 0 Å². The summed E-state index contributed by atoms with van der Waals surface area (Å²) >= 11 is 0. The highest BCUT2D eigenvalue weighted by atomic mass is 32.2. The van der Waals surface area contributed by atoms with Gasteiger partial charge in [0, 0.05) is 23.8 Å². The lowest BCUT2D eigenvalue weighted by Crippen LogP contribution is -2.54. The highest BCUT2D eigenvalue weighted by Crippen LogP contribution is 2.38. The highest BCUT2D eigenvalue weighted by molar-refractivity contribution is 8.02. The van der Waals surface area contributed by atoms with E-state index in [-0.39, 0.29) is 34.9 Å². The molecule has 1 aromatic heterocycles. The fourth-order valence-corrected chi connectivity index (χ4v) is 5.08. The molecule has 1 aliphatic heterocycles. The number of ketones is 1. The van der Waals surface area contributed by atoms with Gasteiger partial charge in [-0.05, 0) is 53.9 Å². The van der Waals surface area contributed by atoms with E-state index >= 15 is 0 Å². The van der Waals surface area contributed by atoms with Gasteiger partial charge in [0.05, 0.1) is 16.5 Å². The molecule has 150 valence electrons. The third-order valence-corrected chi connectivity index (χ3v) is 8.27. The Morgan fingerprint density at radius 2 is 2.04 bits per heavy atom. The van der Waals surface area contributed by atoms with E-state index in [4.69, 9.17) is 10.3 Å². The third-order valence-electron chi connectivity index (χ3n) is 5.17. The lowest BCUT2D eigenvalue weighted by atomic mass is 9.90. The summed E-state index contributed by atoms with van der Waals surface area (Å²) < 4.78 is 45.9. The van der Waals surface area contributed by atoms with Crippen LogP contribution in [0.2, 0.25) is 0 Å². The van der Waals surface area contributed by atoms with E-state index in [1.807, 2.05) is 0 Å². The maximum absolute atomic E-state index is 14.7. The van der Waals surface area contributed by atoms with Gasteiger partial charge in [0.25, 0.3) is 0 Å². The molecule has 2 atom stereocenters. The van der Waals surface area contributed by atoms with E-state index in [2.05, 4.69) is 16.0 Å². The van der Waals surface area contributed by atoms with Crippen LogP contribution in [0.3, 0.4) is 0 Å². The first-order valence-electron chi connectivity index (χ1n) is 8.50. The van der Waals surface area contributed by atoms with Crippen LogP contribution in [-0.2, 0) is 21.5 Å². The van der Waals surface area contributed by atoms with Crippen molar-refractivity contribution in [3.63, 3.8) is 0 Å². The number of nitrogens with two attached hydrogens (primary N) is 1. The van der Waals surface area contributed by atoms with Crippen LogP contribution in [-0.4, -0.2) is 37.4 Å². The van der Waals surface area contributed by atoms with Crippen molar-refractivity contribution in [3.05, 3.63) is 52.9 Å². The minimum atomic E-state index is -2.80. The number of benzene rings is 1. The summed E-state index contributed by atoms with van der Waals surface area (Å²) in [7, 11) is -2.80. The Labute approximate surface area is 161 Å². The van der Waals surface area contributed by atoms with Crippen LogP contribution in [0.5, 0.6) is 0 Å². The van der Waals surface area contributed by atoms with Gasteiger partial charge in [0.15, 0.2) is 11.6 Å². The molecule has 0 aliphatic carbocycles. The smallest absolute Gasteiger partial charge is 0.205 e. The molecule has 1 aromatic carbocycles. The average molecular weight is 409 g/mol. The van der Waals surface area contributed by atoms with Gasteiger partial charge in [0.2, 0.25) is 11.5 Å². The molecule has 0 amide bonds. The molecule has 0 saturated heterocycles. The van der Waals surface area contributed by atoms with Crippen LogP contribution in [0.1, 0.15) is 42.5 Å². The zero-order valence-corrected chi connectivity index (χ0v) is 16.6. The Morgan fingerprint density at radius 1 is 1.36 bits per heavy atom. The van der Waals surface area contributed by atoms with Gasteiger partial charge in [-0.2, -0.15) is 0 Å². The molecule has 3 rings (SSSR count). The zero-order valence-electron chi connectivity index (χ0n) is 15.8. The molecule has 0 bridgehead atoms. The number of halogens is 2. The second-order valence-electron chi connectivity index (χ2n) is 7.65. The van der Waals surface area contributed by atoms with Gasteiger partial charge < -0.3 is 10.3 Å². The summed E-state index contributed by atoms with van der Waals surface area (Å²) in [5.74, 6) is 1.06. The predicted octanol–water partition coefficient (Wildman–Crippen LogP) is 2.46. The Hall–Kier alpha value is -2.55. The Bertz CT molecular complexity index is 1080. The number of amidine groups is 1. The maximum Gasteiger partial charge on any atom is 0.205 e. The van der Waals surface area contributed by atoms with Crippen molar-refractivity contribution in [2.45, 2.75) is 37.5 Å². The molecule has 6 nitrogen and oxygen atoms in total. The molecule has 1 unspecified atom stereocenters.